The molecule has 7 nitrogen and oxygen atoms in total. The largest absolute Gasteiger partial charge is 0.394 e. The Morgan fingerprint density at radius 2 is 2.17 bits per heavy atom. The molecule has 23 heavy (non-hydrogen) atoms. The highest BCUT2D eigenvalue weighted by Crippen LogP contribution is 2.28. The second kappa shape index (κ2) is 6.29. The summed E-state index contributed by atoms with van der Waals surface area (Å²) in [5.41, 5.74) is -0.357. The van der Waals surface area contributed by atoms with E-state index in [1.54, 1.807) is 24.3 Å². The van der Waals surface area contributed by atoms with Crippen LogP contribution in [0.1, 0.15) is 12.6 Å². The summed E-state index contributed by atoms with van der Waals surface area (Å²) in [6.45, 7) is -0.350. The van der Waals surface area contributed by atoms with Crippen molar-refractivity contribution in [3.05, 3.63) is 56.3 Å². The van der Waals surface area contributed by atoms with Crippen LogP contribution in [0.2, 0.25) is 5.02 Å². The second-order valence-electron chi connectivity index (χ2n) is 5.33. The molecule has 3 atom stereocenters. The van der Waals surface area contributed by atoms with Gasteiger partial charge in [-0.1, -0.05) is 23.7 Å². The average molecular weight is 339 g/mol. The van der Waals surface area contributed by atoms with Crippen LogP contribution in [-0.2, 0) is 4.74 Å². The maximum absolute atomic E-state index is 12.1. The summed E-state index contributed by atoms with van der Waals surface area (Å²) in [6, 6.07) is 6.69. The van der Waals surface area contributed by atoms with Crippen molar-refractivity contribution in [1.82, 2.24) is 9.55 Å². The number of aliphatic hydroxyl groups excluding tert-OH is 2. The number of aromatic nitrogens is 2. The number of rotatable bonds is 3. The maximum atomic E-state index is 12.1. The molecular formula is C15H15ClN2O5. The third-order valence-electron chi connectivity index (χ3n) is 3.80. The van der Waals surface area contributed by atoms with E-state index < -0.39 is 29.7 Å². The summed E-state index contributed by atoms with van der Waals surface area (Å²) in [5, 5.41) is 19.4. The minimum Gasteiger partial charge on any atom is -0.394 e. The third kappa shape index (κ3) is 3.09. The van der Waals surface area contributed by atoms with Crippen LogP contribution in [0.3, 0.4) is 0 Å². The predicted octanol–water partition coefficient (Wildman–Crippen LogP) is 0.498. The molecule has 1 saturated heterocycles. The lowest BCUT2D eigenvalue weighted by molar-refractivity contribution is -0.0458. The number of hydrogen-bond donors (Lipinski definition) is 3. The molecule has 0 bridgehead atoms. The van der Waals surface area contributed by atoms with E-state index in [0.29, 0.717) is 10.6 Å². The lowest BCUT2D eigenvalue weighted by atomic mass is 10.1. The minimum atomic E-state index is -0.876. The lowest BCUT2D eigenvalue weighted by Gasteiger charge is -2.15. The molecule has 2 aromatic rings. The molecule has 1 aromatic carbocycles. The number of nitrogens with one attached hydrogen (secondary N) is 1. The highest BCUT2D eigenvalue weighted by atomic mass is 35.5. The van der Waals surface area contributed by atoms with Crippen molar-refractivity contribution in [1.29, 1.82) is 0 Å². The molecule has 1 fully saturated rings. The van der Waals surface area contributed by atoms with Crippen molar-refractivity contribution in [2.45, 2.75) is 24.9 Å². The molecular weight excluding hydrogens is 324 g/mol. The van der Waals surface area contributed by atoms with E-state index in [0.717, 1.165) is 0 Å². The maximum Gasteiger partial charge on any atom is 0.330 e. The number of ether oxygens (including phenoxy) is 1. The number of hydrogen-bond acceptors (Lipinski definition) is 5. The number of benzene rings is 1. The van der Waals surface area contributed by atoms with E-state index in [1.807, 2.05) is 0 Å². The normalized spacial score (nSPS) is 24.0. The zero-order chi connectivity index (χ0) is 16.6. The summed E-state index contributed by atoms with van der Waals surface area (Å²) >= 11 is 5.94. The van der Waals surface area contributed by atoms with Crippen LogP contribution in [0.5, 0.6) is 0 Å². The zero-order valence-corrected chi connectivity index (χ0v) is 12.7. The van der Waals surface area contributed by atoms with Gasteiger partial charge in [-0.15, -0.1) is 0 Å². The van der Waals surface area contributed by atoms with Gasteiger partial charge in [0.05, 0.1) is 18.3 Å². The molecule has 8 heteroatoms. The van der Waals surface area contributed by atoms with Crippen molar-refractivity contribution in [3.63, 3.8) is 0 Å². The molecule has 0 radical (unpaired) electrons. The molecule has 1 aliphatic rings. The fourth-order valence-electron chi connectivity index (χ4n) is 2.61. The van der Waals surface area contributed by atoms with Gasteiger partial charge in [0.1, 0.15) is 12.3 Å². The molecule has 3 rings (SSSR count). The Morgan fingerprint density at radius 3 is 2.83 bits per heavy atom. The van der Waals surface area contributed by atoms with E-state index in [1.165, 1.54) is 10.8 Å². The van der Waals surface area contributed by atoms with Crippen molar-refractivity contribution < 1.29 is 14.9 Å². The molecule has 3 N–H and O–H groups in total. The smallest absolute Gasteiger partial charge is 0.330 e. The quantitative estimate of drug-likeness (QED) is 0.756. The topological polar surface area (TPSA) is 105 Å². The second-order valence-corrected chi connectivity index (χ2v) is 5.77. The van der Waals surface area contributed by atoms with Gasteiger partial charge in [0, 0.05) is 17.6 Å². The molecule has 0 saturated carbocycles. The fourth-order valence-corrected chi connectivity index (χ4v) is 2.80. The van der Waals surface area contributed by atoms with Gasteiger partial charge in [-0.2, -0.15) is 0 Å². The third-order valence-corrected chi connectivity index (χ3v) is 4.03. The summed E-state index contributed by atoms with van der Waals surface area (Å²) in [7, 11) is 0. The Labute approximate surface area is 135 Å². The first-order valence-electron chi connectivity index (χ1n) is 7.05. The molecule has 2 heterocycles. The number of H-pyrrole nitrogens is 1. The van der Waals surface area contributed by atoms with E-state index in [2.05, 4.69) is 4.98 Å². The zero-order valence-electron chi connectivity index (χ0n) is 12.0. The Morgan fingerprint density at radius 1 is 1.39 bits per heavy atom. The van der Waals surface area contributed by atoms with Crippen LogP contribution >= 0.6 is 11.6 Å². The van der Waals surface area contributed by atoms with Crippen LogP contribution in [0.15, 0.2) is 40.1 Å². The SMILES string of the molecule is O=c1[nH]c(=O)n([C@H]2C[C@H](O)[C@@H](CO)O2)cc1-c1cccc(Cl)c1. The van der Waals surface area contributed by atoms with Crippen molar-refractivity contribution in [2.75, 3.05) is 6.61 Å². The van der Waals surface area contributed by atoms with Crippen LogP contribution in [0.4, 0.5) is 0 Å². The summed E-state index contributed by atoms with van der Waals surface area (Å²) < 4.78 is 6.66. The molecule has 0 aliphatic carbocycles. The van der Waals surface area contributed by atoms with E-state index in [-0.39, 0.29) is 18.6 Å². The van der Waals surface area contributed by atoms with Gasteiger partial charge < -0.3 is 14.9 Å². The van der Waals surface area contributed by atoms with Gasteiger partial charge in [0.2, 0.25) is 0 Å². The van der Waals surface area contributed by atoms with Crippen molar-refractivity contribution in [2.24, 2.45) is 0 Å². The average Bonchev–Trinajstić information content (AvgIpc) is 2.88. The van der Waals surface area contributed by atoms with Gasteiger partial charge in [-0.3, -0.25) is 14.3 Å². The number of nitrogens with zero attached hydrogens (tertiary/aromatic N) is 1. The number of halogens is 1. The molecule has 1 aliphatic heterocycles. The number of aromatic amines is 1. The van der Waals surface area contributed by atoms with Crippen LogP contribution in [0.25, 0.3) is 11.1 Å². The molecule has 0 spiro atoms. The first-order chi connectivity index (χ1) is 11.0. The standard InChI is InChI=1S/C15H15ClN2O5/c16-9-3-1-2-8(4-9)10-6-18(15(22)17-14(10)21)13-5-11(20)12(7-19)23-13/h1-4,6,11-13,19-20H,5,7H2,(H,17,21,22)/t11-,12+,13+/m0/s1. The van der Waals surface area contributed by atoms with Gasteiger partial charge >= 0.3 is 5.69 Å². The van der Waals surface area contributed by atoms with E-state index >= 15 is 0 Å². The Kier molecular flexibility index (Phi) is 4.36. The Balaban J connectivity index is 2.05. The lowest BCUT2D eigenvalue weighted by Crippen LogP contribution is -2.33. The molecule has 0 amide bonds. The van der Waals surface area contributed by atoms with E-state index in [4.69, 9.17) is 21.4 Å². The number of aliphatic hydroxyl groups is 2. The van der Waals surface area contributed by atoms with Crippen LogP contribution < -0.4 is 11.2 Å². The van der Waals surface area contributed by atoms with Crippen molar-refractivity contribution >= 4 is 11.6 Å². The van der Waals surface area contributed by atoms with E-state index in [9.17, 15) is 14.7 Å². The Hall–Kier alpha value is -1.93. The summed E-state index contributed by atoms with van der Waals surface area (Å²) in [6.07, 6.45) is -0.868. The summed E-state index contributed by atoms with van der Waals surface area (Å²) in [4.78, 5) is 26.3. The highest BCUT2D eigenvalue weighted by Gasteiger charge is 2.35. The molecule has 122 valence electrons. The van der Waals surface area contributed by atoms with Gasteiger partial charge in [-0.05, 0) is 17.7 Å². The van der Waals surface area contributed by atoms with Crippen molar-refractivity contribution in [3.8, 4) is 11.1 Å². The first kappa shape index (κ1) is 15.9. The van der Waals surface area contributed by atoms with Crippen LogP contribution in [-0.4, -0.2) is 38.6 Å². The highest BCUT2D eigenvalue weighted by molar-refractivity contribution is 6.30. The predicted molar refractivity (Wildman–Crippen MR) is 83.4 cm³/mol. The van der Waals surface area contributed by atoms with Gasteiger partial charge in [0.15, 0.2) is 0 Å². The van der Waals surface area contributed by atoms with Crippen LogP contribution in [0, 0.1) is 0 Å². The first-order valence-corrected chi connectivity index (χ1v) is 7.43. The molecule has 0 unspecified atom stereocenters. The fraction of sp³-hybridized carbons (Fsp3) is 0.333. The summed E-state index contributed by atoms with van der Waals surface area (Å²) in [5.74, 6) is 0. The minimum absolute atomic E-state index is 0.145. The van der Waals surface area contributed by atoms with Gasteiger partial charge in [0.25, 0.3) is 5.56 Å². The monoisotopic (exact) mass is 338 g/mol. The molecule has 1 aromatic heterocycles. The van der Waals surface area contributed by atoms with Gasteiger partial charge in [-0.25, -0.2) is 4.79 Å². The Bertz CT molecular complexity index is 831.